The van der Waals surface area contributed by atoms with Gasteiger partial charge in [-0.25, -0.2) is 12.6 Å². The van der Waals surface area contributed by atoms with Crippen LogP contribution in [0, 0.1) is 11.8 Å². The lowest BCUT2D eigenvalue weighted by molar-refractivity contribution is 0.577. The minimum absolute atomic E-state index is 0.180. The maximum absolute atomic E-state index is 13.7. The summed E-state index contributed by atoms with van der Waals surface area (Å²) in [5.74, 6) is 0.552. The number of aryl methyl sites for hydroxylation is 1. The molecular formula is C35H42N2O3S4. The van der Waals surface area contributed by atoms with Gasteiger partial charge in [0.25, 0.3) is 10.0 Å². The molecule has 0 bridgehead atoms. The van der Waals surface area contributed by atoms with E-state index in [1.807, 2.05) is 109 Å². The Hall–Kier alpha value is -2.72. The van der Waals surface area contributed by atoms with Crippen LogP contribution in [0.3, 0.4) is 0 Å². The zero-order valence-electron chi connectivity index (χ0n) is 26.1. The zero-order chi connectivity index (χ0) is 31.7. The second-order valence-electron chi connectivity index (χ2n) is 11.3. The molecule has 0 saturated heterocycles. The molecule has 0 aliphatic heterocycles. The first kappa shape index (κ1) is 34.2. The predicted molar refractivity (Wildman–Crippen MR) is 190 cm³/mol. The Labute approximate surface area is 275 Å². The lowest BCUT2D eigenvalue weighted by Gasteiger charge is -2.26. The van der Waals surface area contributed by atoms with E-state index in [0.717, 1.165) is 31.9 Å². The molecule has 0 aromatic heterocycles. The first-order valence-corrected chi connectivity index (χ1v) is 19.4. The molecule has 234 valence electrons. The van der Waals surface area contributed by atoms with Crippen LogP contribution >= 0.6 is 23.5 Å². The summed E-state index contributed by atoms with van der Waals surface area (Å²) in [6.07, 6.45) is 0.910. The zero-order valence-corrected chi connectivity index (χ0v) is 29.3. The smallest absolute Gasteiger partial charge is 0.264 e. The molecule has 4 rings (SSSR count). The summed E-state index contributed by atoms with van der Waals surface area (Å²) < 4.78 is 44.3. The van der Waals surface area contributed by atoms with Crippen LogP contribution in [0.1, 0.15) is 40.2 Å². The first-order chi connectivity index (χ1) is 21.1. The minimum atomic E-state index is -3.70. The highest BCUT2D eigenvalue weighted by Crippen LogP contribution is 2.31. The number of rotatable bonds is 15. The van der Waals surface area contributed by atoms with Gasteiger partial charge in [0.15, 0.2) is 11.0 Å². The highest BCUT2D eigenvalue weighted by Gasteiger charge is 2.26. The van der Waals surface area contributed by atoms with E-state index in [9.17, 15) is 12.6 Å². The Morgan fingerprint density at radius 1 is 0.682 bits per heavy atom. The largest absolute Gasteiger partial charge is 0.288 e. The number of sulfonamides is 1. The van der Waals surface area contributed by atoms with Gasteiger partial charge in [-0.3, -0.25) is 8.61 Å². The van der Waals surface area contributed by atoms with Crippen molar-refractivity contribution in [1.29, 1.82) is 0 Å². The summed E-state index contributed by atoms with van der Waals surface area (Å²) in [4.78, 5) is 3.16. The van der Waals surface area contributed by atoms with E-state index in [1.54, 1.807) is 35.7 Å². The molecule has 44 heavy (non-hydrogen) atoms. The molecule has 1 atom stereocenters. The molecular weight excluding hydrogens is 625 g/mol. The average molecular weight is 667 g/mol. The van der Waals surface area contributed by atoms with Gasteiger partial charge in [0.1, 0.15) is 0 Å². The summed E-state index contributed by atoms with van der Waals surface area (Å²) in [7, 11) is -5.00. The maximum Gasteiger partial charge on any atom is 0.264 e. The number of benzene rings is 4. The van der Waals surface area contributed by atoms with Gasteiger partial charge in [-0.2, -0.15) is 0 Å². The fraction of sp³-hybridized carbons (Fsp3) is 0.314. The molecule has 0 amide bonds. The fourth-order valence-corrected chi connectivity index (χ4v) is 9.53. The number of anilines is 2. The first-order valence-electron chi connectivity index (χ1n) is 14.9. The van der Waals surface area contributed by atoms with Crippen LogP contribution < -0.4 is 8.61 Å². The summed E-state index contributed by atoms with van der Waals surface area (Å²) in [5, 5.41) is 0.765. The van der Waals surface area contributed by atoms with Gasteiger partial charge >= 0.3 is 0 Å². The molecule has 0 spiro atoms. The Kier molecular flexibility index (Phi) is 12.4. The van der Waals surface area contributed by atoms with E-state index < -0.39 is 21.0 Å². The summed E-state index contributed by atoms with van der Waals surface area (Å²) in [5.41, 5.74) is 2.82. The molecule has 0 radical (unpaired) electrons. The van der Waals surface area contributed by atoms with Crippen LogP contribution in [0.25, 0.3) is 0 Å². The van der Waals surface area contributed by atoms with E-state index in [-0.39, 0.29) is 5.92 Å². The van der Waals surface area contributed by atoms with Crippen molar-refractivity contribution in [2.75, 3.05) is 26.8 Å². The van der Waals surface area contributed by atoms with Gasteiger partial charge in [0.2, 0.25) is 0 Å². The molecule has 5 nitrogen and oxygen atoms in total. The van der Waals surface area contributed by atoms with Gasteiger partial charge in [-0.1, -0.05) is 65.0 Å². The van der Waals surface area contributed by atoms with Gasteiger partial charge < -0.3 is 0 Å². The van der Waals surface area contributed by atoms with Crippen molar-refractivity contribution >= 4 is 55.9 Å². The minimum Gasteiger partial charge on any atom is -0.288 e. The summed E-state index contributed by atoms with van der Waals surface area (Å²) in [6.45, 7) is 11.5. The molecule has 0 aliphatic rings. The highest BCUT2D eigenvalue weighted by molar-refractivity contribution is 8.16. The molecule has 9 heteroatoms. The Morgan fingerprint density at radius 2 is 1.23 bits per heavy atom. The second kappa shape index (κ2) is 16.0. The van der Waals surface area contributed by atoms with Crippen molar-refractivity contribution in [3.05, 3.63) is 109 Å². The van der Waals surface area contributed by atoms with E-state index in [2.05, 4.69) is 20.8 Å². The number of hydrogen-bond donors (Lipinski definition) is 0. The molecule has 0 saturated carbocycles. The molecule has 1 unspecified atom stereocenters. The second-order valence-corrected chi connectivity index (χ2v) is 17.1. The van der Waals surface area contributed by atoms with Crippen molar-refractivity contribution in [2.24, 2.45) is 11.8 Å². The lowest BCUT2D eigenvalue weighted by atomic mass is 10.1. The predicted octanol–water partition coefficient (Wildman–Crippen LogP) is 9.13. The lowest BCUT2D eigenvalue weighted by Crippen LogP contribution is -2.34. The maximum atomic E-state index is 13.7. The van der Waals surface area contributed by atoms with Crippen molar-refractivity contribution in [2.45, 2.75) is 60.6 Å². The van der Waals surface area contributed by atoms with E-state index in [1.165, 1.54) is 9.87 Å². The van der Waals surface area contributed by atoms with E-state index in [4.69, 9.17) is 0 Å². The number of nitrogens with zero attached hydrogens (tertiary/aromatic N) is 2. The third-order valence-electron chi connectivity index (χ3n) is 6.83. The van der Waals surface area contributed by atoms with Crippen molar-refractivity contribution in [3.8, 4) is 0 Å². The van der Waals surface area contributed by atoms with Crippen molar-refractivity contribution in [1.82, 2.24) is 0 Å². The highest BCUT2D eigenvalue weighted by atomic mass is 32.2. The Morgan fingerprint density at radius 3 is 1.75 bits per heavy atom. The quantitative estimate of drug-likeness (QED) is 0.0936. The molecule has 4 aromatic rings. The molecule has 0 aliphatic carbocycles. The average Bonchev–Trinajstić information content (AvgIpc) is 3.03. The topological polar surface area (TPSA) is 57.7 Å². The van der Waals surface area contributed by atoms with Crippen LogP contribution in [0.15, 0.2) is 123 Å². The van der Waals surface area contributed by atoms with Gasteiger partial charge in [0.05, 0.1) is 15.5 Å². The molecule has 0 fully saturated rings. The SMILES string of the molecule is CCc1ccc(N(CC(C)C)S(=O)(=O)c2ccc(SCSc3ccc(S(=O)N(CC(C)C)c4ccccc4)cc3)cc2)cc1. The molecule has 0 N–H and O–H groups in total. The van der Waals surface area contributed by atoms with Crippen LogP contribution in [-0.2, 0) is 27.4 Å². The van der Waals surface area contributed by atoms with Crippen LogP contribution in [0.5, 0.6) is 0 Å². The van der Waals surface area contributed by atoms with Gasteiger partial charge in [-0.05, 0) is 96.6 Å². The monoisotopic (exact) mass is 666 g/mol. The van der Waals surface area contributed by atoms with Gasteiger partial charge in [-0.15, -0.1) is 23.5 Å². The normalized spacial score (nSPS) is 12.4. The Bertz CT molecular complexity index is 1590. The van der Waals surface area contributed by atoms with Crippen LogP contribution in [-0.4, -0.2) is 30.8 Å². The van der Waals surface area contributed by atoms with Crippen LogP contribution in [0.2, 0.25) is 0 Å². The summed E-state index contributed by atoms with van der Waals surface area (Å²) in [6, 6.07) is 32.8. The van der Waals surface area contributed by atoms with E-state index in [0.29, 0.717) is 29.6 Å². The summed E-state index contributed by atoms with van der Waals surface area (Å²) >= 11 is 3.36. The molecule has 0 heterocycles. The molecule has 4 aromatic carbocycles. The van der Waals surface area contributed by atoms with Gasteiger partial charge in [0, 0.05) is 33.7 Å². The number of thioether (sulfide) groups is 2. The number of hydrogen-bond acceptors (Lipinski definition) is 5. The third-order valence-corrected chi connectivity index (χ3v) is 12.2. The Balaban J connectivity index is 1.37. The van der Waals surface area contributed by atoms with Crippen LogP contribution in [0.4, 0.5) is 11.4 Å². The fourth-order valence-electron chi connectivity index (χ4n) is 4.55. The van der Waals surface area contributed by atoms with E-state index >= 15 is 0 Å². The third kappa shape index (κ3) is 9.16. The van der Waals surface area contributed by atoms with Crippen molar-refractivity contribution in [3.63, 3.8) is 0 Å². The van der Waals surface area contributed by atoms with Crippen molar-refractivity contribution < 1.29 is 12.6 Å². The standard InChI is InChI=1S/C35H42N2O3S4/c1-6-29-12-14-31(15-13-29)37(25-28(4)5)44(39,40)35-22-18-33(19-23-35)42-26-41-32-16-20-34(21-17-32)43(38)36(24-27(2)3)30-10-8-7-9-11-30/h7-23,27-28H,6,24-26H2,1-5H3. The number of para-hydroxylation sites is 1.